The Morgan fingerprint density at radius 1 is 1.12 bits per heavy atom. The quantitative estimate of drug-likeness (QED) is 0.403. The molecule has 1 amide bonds. The van der Waals surface area contributed by atoms with Crippen molar-refractivity contribution in [3.8, 4) is 17.1 Å². The van der Waals surface area contributed by atoms with Gasteiger partial charge in [-0.05, 0) is 24.3 Å². The zero-order valence-corrected chi connectivity index (χ0v) is 19.4. The maximum atomic E-state index is 13.5. The molecular formula is C25H22N4O2S2. The molecule has 2 heterocycles. The number of carbonyl (C=O) groups excluding carboxylic acids is 1. The second-order valence-electron chi connectivity index (χ2n) is 7.59. The summed E-state index contributed by atoms with van der Waals surface area (Å²) < 4.78 is 1.87. The summed E-state index contributed by atoms with van der Waals surface area (Å²) >= 11 is 3.13. The van der Waals surface area contributed by atoms with Gasteiger partial charge in [0, 0.05) is 11.4 Å². The Balaban J connectivity index is 1.41. The van der Waals surface area contributed by atoms with E-state index in [1.54, 1.807) is 36.0 Å². The Hall–Kier alpha value is -3.23. The van der Waals surface area contributed by atoms with E-state index in [1.807, 2.05) is 45.9 Å². The molecule has 33 heavy (non-hydrogen) atoms. The highest BCUT2D eigenvalue weighted by atomic mass is 32.2. The van der Waals surface area contributed by atoms with E-state index in [0.29, 0.717) is 23.1 Å². The first kappa shape index (κ1) is 21.6. The molecule has 8 heteroatoms. The van der Waals surface area contributed by atoms with Crippen LogP contribution < -0.4 is 4.90 Å². The van der Waals surface area contributed by atoms with Gasteiger partial charge in [-0.15, -0.1) is 28.5 Å². The molecule has 3 aromatic rings. The number of amides is 1. The van der Waals surface area contributed by atoms with Crippen molar-refractivity contribution in [3.05, 3.63) is 85.5 Å². The van der Waals surface area contributed by atoms with Crippen LogP contribution in [0, 0.1) is 0 Å². The number of para-hydroxylation sites is 2. The van der Waals surface area contributed by atoms with Gasteiger partial charge in [-0.1, -0.05) is 66.4 Å². The molecule has 1 aliphatic carbocycles. The minimum Gasteiger partial charge on any atom is -0.507 e. The topological polar surface area (TPSA) is 71.2 Å². The monoisotopic (exact) mass is 474 g/mol. The summed E-state index contributed by atoms with van der Waals surface area (Å²) in [6.45, 7) is 4.30. The molecule has 1 aromatic heterocycles. The molecule has 5 rings (SSSR count). The molecule has 2 aromatic carbocycles. The predicted octanol–water partition coefficient (Wildman–Crippen LogP) is 4.93. The first-order chi connectivity index (χ1) is 16.2. The Labute approximate surface area is 200 Å². The van der Waals surface area contributed by atoms with Crippen LogP contribution in [0.4, 0.5) is 5.69 Å². The lowest BCUT2D eigenvalue weighted by Gasteiger charge is -2.40. The van der Waals surface area contributed by atoms with Crippen molar-refractivity contribution in [2.45, 2.75) is 27.9 Å². The number of phenolic OH excluding ortho intramolecular Hbond substituents is 1. The van der Waals surface area contributed by atoms with E-state index >= 15 is 0 Å². The van der Waals surface area contributed by atoms with E-state index in [-0.39, 0.29) is 28.7 Å². The summed E-state index contributed by atoms with van der Waals surface area (Å²) in [7, 11) is 0. The number of benzene rings is 2. The first-order valence-corrected chi connectivity index (χ1v) is 12.4. The van der Waals surface area contributed by atoms with Crippen molar-refractivity contribution in [2.75, 3.05) is 10.7 Å². The molecule has 2 atom stereocenters. The van der Waals surface area contributed by atoms with Crippen LogP contribution in [0.15, 0.2) is 95.5 Å². The largest absolute Gasteiger partial charge is 0.507 e. The number of aromatic hydroxyl groups is 1. The van der Waals surface area contributed by atoms with Crippen molar-refractivity contribution >= 4 is 35.1 Å². The van der Waals surface area contributed by atoms with Crippen LogP contribution in [-0.2, 0) is 11.3 Å². The smallest absolute Gasteiger partial charge is 0.238 e. The summed E-state index contributed by atoms with van der Waals surface area (Å²) in [4.78, 5) is 16.5. The third kappa shape index (κ3) is 4.12. The number of carbonyl (C=O) groups is 1. The molecule has 166 valence electrons. The van der Waals surface area contributed by atoms with Crippen LogP contribution in [0.3, 0.4) is 0 Å². The van der Waals surface area contributed by atoms with E-state index in [4.69, 9.17) is 0 Å². The number of aromatic nitrogens is 3. The maximum absolute atomic E-state index is 13.5. The number of fused-ring (bicyclic) bond motifs is 2. The molecule has 1 N–H and O–H groups in total. The van der Waals surface area contributed by atoms with Gasteiger partial charge in [-0.25, -0.2) is 0 Å². The summed E-state index contributed by atoms with van der Waals surface area (Å²) in [6, 6.07) is 15.0. The predicted molar refractivity (Wildman–Crippen MR) is 134 cm³/mol. The summed E-state index contributed by atoms with van der Waals surface area (Å²) in [5.41, 5.74) is 1.53. The van der Waals surface area contributed by atoms with Gasteiger partial charge in [0.05, 0.1) is 28.3 Å². The average Bonchev–Trinajstić information content (AvgIpc) is 3.23. The van der Waals surface area contributed by atoms with Crippen molar-refractivity contribution in [2.24, 2.45) is 0 Å². The second kappa shape index (κ2) is 9.33. The minimum atomic E-state index is -0.0223. The SMILES string of the molecule is C=CCn1c(SCC(=O)N2c3ccccc3S[C@@H]3C=CC=C[C@@H]32)nnc1-c1ccccc1O. The highest BCUT2D eigenvalue weighted by Crippen LogP contribution is 2.43. The summed E-state index contributed by atoms with van der Waals surface area (Å²) in [5.74, 6) is 0.909. The molecule has 0 bridgehead atoms. The fraction of sp³-hybridized carbons (Fsp3) is 0.160. The van der Waals surface area contributed by atoms with Crippen LogP contribution in [0.5, 0.6) is 5.75 Å². The van der Waals surface area contributed by atoms with Gasteiger partial charge in [0.25, 0.3) is 0 Å². The first-order valence-electron chi connectivity index (χ1n) is 10.6. The van der Waals surface area contributed by atoms with Gasteiger partial charge < -0.3 is 10.0 Å². The zero-order valence-electron chi connectivity index (χ0n) is 17.7. The van der Waals surface area contributed by atoms with Crippen LogP contribution in [0.2, 0.25) is 0 Å². The second-order valence-corrected chi connectivity index (χ2v) is 9.75. The number of phenols is 1. The van der Waals surface area contributed by atoms with Crippen LogP contribution in [0.25, 0.3) is 11.4 Å². The zero-order chi connectivity index (χ0) is 22.8. The molecule has 0 unspecified atom stereocenters. The minimum absolute atomic E-state index is 0.0139. The Bertz CT molecular complexity index is 1270. The van der Waals surface area contributed by atoms with Crippen molar-refractivity contribution in [3.63, 3.8) is 0 Å². The summed E-state index contributed by atoms with van der Waals surface area (Å²) in [6.07, 6.45) is 10.0. The number of allylic oxidation sites excluding steroid dienone is 3. The Kier molecular flexibility index (Phi) is 6.11. The molecule has 2 aliphatic rings. The van der Waals surface area contributed by atoms with Gasteiger partial charge in [-0.3, -0.25) is 9.36 Å². The fourth-order valence-electron chi connectivity index (χ4n) is 4.03. The lowest BCUT2D eigenvalue weighted by Crippen LogP contribution is -2.48. The third-order valence-electron chi connectivity index (χ3n) is 5.51. The number of hydrogen-bond acceptors (Lipinski definition) is 6. The lowest BCUT2D eigenvalue weighted by atomic mass is 10.0. The highest BCUT2D eigenvalue weighted by Gasteiger charge is 2.36. The molecule has 0 saturated carbocycles. The number of hydrogen-bond donors (Lipinski definition) is 1. The van der Waals surface area contributed by atoms with Crippen molar-refractivity contribution < 1.29 is 9.90 Å². The van der Waals surface area contributed by atoms with Gasteiger partial charge in [0.15, 0.2) is 11.0 Å². The maximum Gasteiger partial charge on any atom is 0.238 e. The van der Waals surface area contributed by atoms with E-state index in [2.05, 4.69) is 35.0 Å². The molecule has 0 fully saturated rings. The van der Waals surface area contributed by atoms with Gasteiger partial charge in [-0.2, -0.15) is 0 Å². The molecule has 1 aliphatic heterocycles. The van der Waals surface area contributed by atoms with Crippen LogP contribution in [-0.4, -0.2) is 42.8 Å². The van der Waals surface area contributed by atoms with Crippen LogP contribution in [0.1, 0.15) is 0 Å². The van der Waals surface area contributed by atoms with E-state index in [0.717, 1.165) is 10.6 Å². The van der Waals surface area contributed by atoms with Gasteiger partial charge >= 0.3 is 0 Å². The average molecular weight is 475 g/mol. The fourth-order valence-corrected chi connectivity index (χ4v) is 6.09. The third-order valence-corrected chi connectivity index (χ3v) is 7.77. The normalized spacial score (nSPS) is 18.6. The molecular weight excluding hydrogens is 452 g/mol. The molecule has 0 saturated heterocycles. The Morgan fingerprint density at radius 2 is 1.91 bits per heavy atom. The van der Waals surface area contributed by atoms with E-state index in [9.17, 15) is 9.90 Å². The molecule has 0 spiro atoms. The van der Waals surface area contributed by atoms with E-state index in [1.165, 1.54) is 11.8 Å². The number of rotatable bonds is 6. The number of anilines is 1. The number of nitrogens with zero attached hydrogens (tertiary/aromatic N) is 4. The van der Waals surface area contributed by atoms with E-state index < -0.39 is 0 Å². The molecule has 0 radical (unpaired) electrons. The standard InChI is InChI=1S/C25H22N4O2S2/c1-2-15-28-24(17-9-3-6-12-20(17)30)26-27-25(28)32-16-23(31)29-18-10-4-7-13-21(18)33-22-14-8-5-11-19(22)29/h2-14,18,21,30H,1,15-16H2/t18-,21+/m0/s1. The summed E-state index contributed by atoms with van der Waals surface area (Å²) in [5, 5.41) is 19.7. The van der Waals surface area contributed by atoms with Crippen molar-refractivity contribution in [1.29, 1.82) is 0 Å². The van der Waals surface area contributed by atoms with Crippen molar-refractivity contribution in [1.82, 2.24) is 14.8 Å². The van der Waals surface area contributed by atoms with Gasteiger partial charge in [0.1, 0.15) is 5.75 Å². The highest BCUT2D eigenvalue weighted by molar-refractivity contribution is 8.00. The van der Waals surface area contributed by atoms with Crippen LogP contribution >= 0.6 is 23.5 Å². The lowest BCUT2D eigenvalue weighted by molar-refractivity contribution is -0.116. The Morgan fingerprint density at radius 3 is 2.76 bits per heavy atom. The number of thioether (sulfide) groups is 2. The molecule has 6 nitrogen and oxygen atoms in total. The van der Waals surface area contributed by atoms with Gasteiger partial charge in [0.2, 0.25) is 5.91 Å².